The Labute approximate surface area is 101 Å². The normalized spacial score (nSPS) is 39.0. The third kappa shape index (κ3) is 2.71. The predicted molar refractivity (Wildman–Crippen MR) is 62.5 cm³/mol. The highest BCUT2D eigenvalue weighted by Gasteiger charge is 2.49. The average molecular weight is 248 g/mol. The zero-order chi connectivity index (χ0) is 11.8. The fraction of sp³-hybridized carbons (Fsp3) is 1.00. The molecule has 0 aromatic carbocycles. The number of hydrogen-bond acceptors (Lipinski definition) is 5. The molecule has 0 aliphatic carbocycles. The molecular formula is C11H20O4S. The lowest BCUT2D eigenvalue weighted by atomic mass is 10.1. The third-order valence-corrected chi connectivity index (χ3v) is 3.13. The van der Waals surface area contributed by atoms with Crippen LogP contribution < -0.4 is 0 Å². The van der Waals surface area contributed by atoms with Crippen molar-refractivity contribution < 1.29 is 18.4 Å². The predicted octanol–water partition coefficient (Wildman–Crippen LogP) is 1.63. The maximum absolute atomic E-state index is 5.93. The zero-order valence-corrected chi connectivity index (χ0v) is 11.1. The van der Waals surface area contributed by atoms with Crippen molar-refractivity contribution in [3.63, 3.8) is 0 Å². The lowest BCUT2D eigenvalue weighted by molar-refractivity contribution is -0.103. The second kappa shape index (κ2) is 4.82. The van der Waals surface area contributed by atoms with Crippen LogP contribution >= 0.6 is 12.0 Å². The van der Waals surface area contributed by atoms with Gasteiger partial charge in [0.05, 0.1) is 18.8 Å². The Morgan fingerprint density at radius 2 is 1.62 bits per heavy atom. The van der Waals surface area contributed by atoms with E-state index < -0.39 is 0 Å². The average Bonchev–Trinajstić information content (AvgIpc) is 2.69. The van der Waals surface area contributed by atoms with Crippen molar-refractivity contribution in [2.24, 2.45) is 0 Å². The van der Waals surface area contributed by atoms with Crippen LogP contribution in [0.3, 0.4) is 0 Å². The minimum Gasteiger partial charge on any atom is -0.370 e. The van der Waals surface area contributed by atoms with Crippen LogP contribution in [0.5, 0.6) is 0 Å². The van der Waals surface area contributed by atoms with E-state index in [1.54, 1.807) is 0 Å². The van der Waals surface area contributed by atoms with Crippen molar-refractivity contribution in [1.29, 1.82) is 0 Å². The van der Waals surface area contributed by atoms with Crippen LogP contribution in [0.1, 0.15) is 20.8 Å². The van der Waals surface area contributed by atoms with Gasteiger partial charge in [-0.1, -0.05) is 0 Å². The van der Waals surface area contributed by atoms with Crippen molar-refractivity contribution in [2.45, 2.75) is 50.8 Å². The van der Waals surface area contributed by atoms with E-state index in [2.05, 4.69) is 0 Å². The molecule has 0 N–H and O–H groups in total. The van der Waals surface area contributed by atoms with Gasteiger partial charge in [0.1, 0.15) is 24.4 Å². The van der Waals surface area contributed by atoms with Gasteiger partial charge in [-0.25, -0.2) is 0 Å². The van der Waals surface area contributed by atoms with Gasteiger partial charge in [-0.2, -0.15) is 0 Å². The summed E-state index contributed by atoms with van der Waals surface area (Å²) in [7, 11) is 0. The molecule has 0 unspecified atom stereocenters. The fourth-order valence-electron chi connectivity index (χ4n) is 2.19. The van der Waals surface area contributed by atoms with Gasteiger partial charge in [0.2, 0.25) is 0 Å². The molecule has 4 atom stereocenters. The largest absolute Gasteiger partial charge is 0.370 e. The van der Waals surface area contributed by atoms with Crippen LogP contribution in [0.2, 0.25) is 0 Å². The minimum atomic E-state index is -0.162. The summed E-state index contributed by atoms with van der Waals surface area (Å²) in [6, 6.07) is 0. The second-order valence-corrected chi connectivity index (χ2v) is 5.69. The van der Waals surface area contributed by atoms with Crippen molar-refractivity contribution in [3.05, 3.63) is 0 Å². The molecule has 4 nitrogen and oxygen atoms in total. The van der Waals surface area contributed by atoms with Gasteiger partial charge in [-0.05, 0) is 32.8 Å². The van der Waals surface area contributed by atoms with E-state index in [0.29, 0.717) is 13.2 Å². The highest BCUT2D eigenvalue weighted by Crippen LogP contribution is 2.33. The standard InChI is InChI=1S/C11H20O4S/c1-11(2,3)14-7-5-12-10-8(15-16-4)6-13-9(7)10/h7-10H,5-6H2,1-4H3/t7-,8-,9-,10-/m1/s1. The lowest BCUT2D eigenvalue weighted by Gasteiger charge is -2.26. The zero-order valence-electron chi connectivity index (χ0n) is 10.3. The Balaban J connectivity index is 1.93. The summed E-state index contributed by atoms with van der Waals surface area (Å²) in [5.74, 6) is 0. The summed E-state index contributed by atoms with van der Waals surface area (Å²) in [6.07, 6.45) is 2.02. The molecule has 94 valence electrons. The van der Waals surface area contributed by atoms with Gasteiger partial charge >= 0.3 is 0 Å². The molecule has 0 saturated carbocycles. The summed E-state index contributed by atoms with van der Waals surface area (Å²) in [4.78, 5) is 0. The van der Waals surface area contributed by atoms with Gasteiger partial charge < -0.3 is 18.4 Å². The summed E-state index contributed by atoms with van der Waals surface area (Å²) >= 11 is 1.36. The van der Waals surface area contributed by atoms with Gasteiger partial charge in [0.25, 0.3) is 0 Å². The van der Waals surface area contributed by atoms with Crippen LogP contribution in [-0.4, -0.2) is 49.5 Å². The van der Waals surface area contributed by atoms with Crippen LogP contribution in [-0.2, 0) is 18.4 Å². The van der Waals surface area contributed by atoms with Gasteiger partial charge in [0, 0.05) is 6.26 Å². The molecule has 5 heteroatoms. The maximum atomic E-state index is 5.93. The molecule has 0 spiro atoms. The number of ether oxygens (including phenoxy) is 3. The highest BCUT2D eigenvalue weighted by atomic mass is 32.2. The van der Waals surface area contributed by atoms with Gasteiger partial charge in [-0.15, -0.1) is 0 Å². The van der Waals surface area contributed by atoms with Crippen molar-refractivity contribution in [2.75, 3.05) is 19.5 Å². The molecule has 0 bridgehead atoms. The molecule has 2 saturated heterocycles. The number of hydrogen-bond donors (Lipinski definition) is 0. The first-order valence-electron chi connectivity index (χ1n) is 5.62. The Bertz CT molecular complexity index is 241. The molecule has 0 aromatic heterocycles. The SMILES string of the molecule is CSO[C@@H]1CO[C@H]2[C@@H]1OC[C@H]2OC(C)(C)C. The van der Waals surface area contributed by atoms with E-state index >= 15 is 0 Å². The summed E-state index contributed by atoms with van der Waals surface area (Å²) in [6.45, 7) is 7.34. The lowest BCUT2D eigenvalue weighted by Crippen LogP contribution is -2.37. The van der Waals surface area contributed by atoms with E-state index in [4.69, 9.17) is 18.4 Å². The molecule has 2 heterocycles. The molecule has 16 heavy (non-hydrogen) atoms. The van der Waals surface area contributed by atoms with E-state index in [1.807, 2.05) is 27.0 Å². The number of rotatable bonds is 3. The highest BCUT2D eigenvalue weighted by molar-refractivity contribution is 7.93. The van der Waals surface area contributed by atoms with E-state index in [0.717, 1.165) is 0 Å². The first kappa shape index (κ1) is 12.6. The first-order valence-corrected chi connectivity index (χ1v) is 6.77. The van der Waals surface area contributed by atoms with Crippen LogP contribution in [0.15, 0.2) is 0 Å². The maximum Gasteiger partial charge on any atom is 0.124 e. The molecule has 2 aliphatic heterocycles. The quantitative estimate of drug-likeness (QED) is 0.710. The Morgan fingerprint density at radius 1 is 1.06 bits per heavy atom. The van der Waals surface area contributed by atoms with Crippen molar-refractivity contribution >= 4 is 12.0 Å². The monoisotopic (exact) mass is 248 g/mol. The fourth-order valence-corrected chi connectivity index (χ4v) is 2.60. The molecule has 0 amide bonds. The molecule has 2 rings (SSSR count). The second-order valence-electron chi connectivity index (χ2n) is 5.17. The Hall–Kier alpha value is 0.190. The van der Waals surface area contributed by atoms with Crippen LogP contribution in [0.4, 0.5) is 0 Å². The van der Waals surface area contributed by atoms with Gasteiger partial charge in [0.15, 0.2) is 0 Å². The summed E-state index contributed by atoms with van der Waals surface area (Å²) < 4.78 is 22.9. The van der Waals surface area contributed by atoms with Gasteiger partial charge in [-0.3, -0.25) is 0 Å². The summed E-state index contributed by atoms with van der Waals surface area (Å²) in [5.41, 5.74) is -0.162. The van der Waals surface area contributed by atoms with E-state index in [9.17, 15) is 0 Å². The van der Waals surface area contributed by atoms with Crippen molar-refractivity contribution in [3.8, 4) is 0 Å². The first-order chi connectivity index (χ1) is 7.51. The van der Waals surface area contributed by atoms with E-state index in [-0.39, 0.29) is 30.0 Å². The molecule has 0 radical (unpaired) electrons. The third-order valence-electron chi connectivity index (χ3n) is 2.69. The summed E-state index contributed by atoms with van der Waals surface area (Å²) in [5, 5.41) is 0. The molecule has 2 fully saturated rings. The Kier molecular flexibility index (Phi) is 3.81. The molecule has 0 aromatic rings. The molecule has 2 aliphatic rings. The smallest absolute Gasteiger partial charge is 0.124 e. The topological polar surface area (TPSA) is 36.9 Å². The molecular weight excluding hydrogens is 228 g/mol. The minimum absolute atomic E-state index is 0.0244. The van der Waals surface area contributed by atoms with Crippen molar-refractivity contribution in [1.82, 2.24) is 0 Å². The van der Waals surface area contributed by atoms with Crippen LogP contribution in [0, 0.1) is 0 Å². The van der Waals surface area contributed by atoms with Crippen LogP contribution in [0.25, 0.3) is 0 Å². The van der Waals surface area contributed by atoms with E-state index in [1.165, 1.54) is 12.0 Å². The number of fused-ring (bicyclic) bond motifs is 1. The Morgan fingerprint density at radius 3 is 2.19 bits per heavy atom.